The maximum atomic E-state index is 11.3. The summed E-state index contributed by atoms with van der Waals surface area (Å²) in [4.78, 5) is 2.63. The molecular formula is C12H24N2OS. The highest BCUT2D eigenvalue weighted by molar-refractivity contribution is 7.85. The molecule has 16 heavy (non-hydrogen) atoms. The lowest BCUT2D eigenvalue weighted by Gasteiger charge is -2.40. The van der Waals surface area contributed by atoms with Crippen molar-refractivity contribution in [1.82, 2.24) is 10.2 Å². The first-order valence-corrected chi connectivity index (χ1v) is 8.11. The Hall–Kier alpha value is 0.0700. The van der Waals surface area contributed by atoms with E-state index in [0.717, 1.165) is 30.9 Å². The lowest BCUT2D eigenvalue weighted by Crippen LogP contribution is -2.55. The van der Waals surface area contributed by atoms with E-state index in [-0.39, 0.29) is 0 Å². The number of nitrogens with zero attached hydrogens (tertiary/aromatic N) is 1. The minimum absolute atomic E-state index is 0.520. The Morgan fingerprint density at radius 3 is 2.81 bits per heavy atom. The predicted molar refractivity (Wildman–Crippen MR) is 69.2 cm³/mol. The quantitative estimate of drug-likeness (QED) is 0.803. The number of nitrogens with one attached hydrogen (secondary N) is 1. The standard InChI is InChI=1S/C12H24N2OS/c1-2-3-11-10-14(7-6-13-11)12-4-8-16(15)9-5-12/h11-13H,2-10H2,1H3. The van der Waals surface area contributed by atoms with Crippen LogP contribution in [0.5, 0.6) is 0 Å². The second-order valence-electron chi connectivity index (χ2n) is 5.01. The van der Waals surface area contributed by atoms with Gasteiger partial charge >= 0.3 is 0 Å². The lowest BCUT2D eigenvalue weighted by molar-refractivity contribution is 0.132. The molecule has 0 spiro atoms. The van der Waals surface area contributed by atoms with Gasteiger partial charge in [-0.25, -0.2) is 0 Å². The van der Waals surface area contributed by atoms with Crippen molar-refractivity contribution in [3.8, 4) is 0 Å². The van der Waals surface area contributed by atoms with E-state index in [1.165, 1.54) is 25.9 Å². The van der Waals surface area contributed by atoms with E-state index >= 15 is 0 Å². The molecule has 2 aliphatic rings. The molecule has 4 heteroatoms. The highest BCUT2D eigenvalue weighted by Gasteiger charge is 2.27. The molecule has 2 aliphatic heterocycles. The van der Waals surface area contributed by atoms with Gasteiger partial charge in [-0.15, -0.1) is 0 Å². The summed E-state index contributed by atoms with van der Waals surface area (Å²) < 4.78 is 11.3. The summed E-state index contributed by atoms with van der Waals surface area (Å²) in [6.45, 7) is 5.76. The lowest BCUT2D eigenvalue weighted by atomic mass is 10.0. The summed E-state index contributed by atoms with van der Waals surface area (Å²) in [5, 5.41) is 3.60. The molecule has 2 rings (SSSR count). The van der Waals surface area contributed by atoms with Crippen molar-refractivity contribution in [2.45, 2.75) is 44.7 Å². The van der Waals surface area contributed by atoms with Crippen LogP contribution in [0.4, 0.5) is 0 Å². The topological polar surface area (TPSA) is 32.3 Å². The zero-order chi connectivity index (χ0) is 11.4. The van der Waals surface area contributed by atoms with Gasteiger partial charge in [-0.2, -0.15) is 0 Å². The number of hydrogen-bond acceptors (Lipinski definition) is 3. The molecule has 0 aromatic heterocycles. The van der Waals surface area contributed by atoms with Crippen LogP contribution in [0.2, 0.25) is 0 Å². The fourth-order valence-corrected chi connectivity index (χ4v) is 4.15. The van der Waals surface area contributed by atoms with Crippen LogP contribution < -0.4 is 5.32 Å². The normalized spacial score (nSPS) is 37.4. The molecule has 1 atom stereocenters. The largest absolute Gasteiger partial charge is 0.311 e. The van der Waals surface area contributed by atoms with Crippen molar-refractivity contribution in [1.29, 1.82) is 0 Å². The summed E-state index contributed by atoms with van der Waals surface area (Å²) >= 11 is 0. The molecule has 0 saturated carbocycles. The maximum absolute atomic E-state index is 11.3. The average molecular weight is 244 g/mol. The third-order valence-electron chi connectivity index (χ3n) is 3.80. The first-order chi connectivity index (χ1) is 7.79. The molecule has 0 amide bonds. The fraction of sp³-hybridized carbons (Fsp3) is 1.00. The summed E-state index contributed by atoms with van der Waals surface area (Å²) in [7, 11) is -0.520. The Labute approximate surface area is 101 Å². The molecule has 1 N–H and O–H groups in total. The molecule has 0 aromatic carbocycles. The molecule has 0 aromatic rings. The summed E-state index contributed by atoms with van der Waals surface area (Å²) in [5.41, 5.74) is 0. The fourth-order valence-electron chi connectivity index (χ4n) is 2.87. The highest BCUT2D eigenvalue weighted by atomic mass is 32.2. The van der Waals surface area contributed by atoms with Gasteiger partial charge in [0.15, 0.2) is 0 Å². The highest BCUT2D eigenvalue weighted by Crippen LogP contribution is 2.18. The van der Waals surface area contributed by atoms with Gasteiger partial charge in [0.2, 0.25) is 0 Å². The van der Waals surface area contributed by atoms with E-state index in [2.05, 4.69) is 17.1 Å². The Kier molecular flexibility index (Phi) is 4.79. The van der Waals surface area contributed by atoms with Crippen molar-refractivity contribution in [2.75, 3.05) is 31.1 Å². The van der Waals surface area contributed by atoms with E-state index < -0.39 is 10.8 Å². The van der Waals surface area contributed by atoms with Gasteiger partial charge in [0.05, 0.1) is 0 Å². The molecule has 94 valence electrons. The van der Waals surface area contributed by atoms with Gasteiger partial charge in [0.1, 0.15) is 0 Å². The number of rotatable bonds is 3. The minimum atomic E-state index is -0.520. The number of piperazine rings is 1. The predicted octanol–water partition coefficient (Wildman–Crippen LogP) is 0.971. The van der Waals surface area contributed by atoms with Crippen LogP contribution >= 0.6 is 0 Å². The van der Waals surface area contributed by atoms with Crippen molar-refractivity contribution in [2.24, 2.45) is 0 Å². The minimum Gasteiger partial charge on any atom is -0.311 e. The molecule has 3 nitrogen and oxygen atoms in total. The van der Waals surface area contributed by atoms with E-state index in [1.807, 2.05) is 0 Å². The second kappa shape index (κ2) is 6.12. The molecular weight excluding hydrogens is 220 g/mol. The third kappa shape index (κ3) is 3.28. The Bertz CT molecular complexity index is 235. The molecule has 1 unspecified atom stereocenters. The van der Waals surface area contributed by atoms with E-state index in [0.29, 0.717) is 12.1 Å². The molecule has 0 bridgehead atoms. The molecule has 2 fully saturated rings. The summed E-state index contributed by atoms with van der Waals surface area (Å²) in [6, 6.07) is 1.39. The summed E-state index contributed by atoms with van der Waals surface area (Å²) in [5.74, 6) is 1.85. The van der Waals surface area contributed by atoms with Crippen molar-refractivity contribution in [3.05, 3.63) is 0 Å². The van der Waals surface area contributed by atoms with Crippen molar-refractivity contribution >= 4 is 10.8 Å². The monoisotopic (exact) mass is 244 g/mol. The maximum Gasteiger partial charge on any atom is 0.0249 e. The van der Waals surface area contributed by atoms with Crippen LogP contribution in [0.1, 0.15) is 32.6 Å². The van der Waals surface area contributed by atoms with Gasteiger partial charge in [-0.1, -0.05) is 13.3 Å². The number of hydrogen-bond donors (Lipinski definition) is 1. The van der Waals surface area contributed by atoms with Crippen LogP contribution in [0, 0.1) is 0 Å². The average Bonchev–Trinajstić information content (AvgIpc) is 2.31. The smallest absolute Gasteiger partial charge is 0.0249 e. The van der Waals surface area contributed by atoms with Gasteiger partial charge in [-0.3, -0.25) is 9.11 Å². The molecule has 0 aliphatic carbocycles. The van der Waals surface area contributed by atoms with E-state index in [9.17, 15) is 4.21 Å². The Morgan fingerprint density at radius 1 is 1.38 bits per heavy atom. The van der Waals surface area contributed by atoms with Gasteiger partial charge in [0.25, 0.3) is 0 Å². The summed E-state index contributed by atoms with van der Waals surface area (Å²) in [6.07, 6.45) is 4.84. The van der Waals surface area contributed by atoms with Crippen LogP contribution in [0.25, 0.3) is 0 Å². The van der Waals surface area contributed by atoms with Crippen LogP contribution in [0.15, 0.2) is 0 Å². The second-order valence-corrected chi connectivity index (χ2v) is 6.71. The first kappa shape index (κ1) is 12.5. The third-order valence-corrected chi connectivity index (χ3v) is 5.18. The van der Waals surface area contributed by atoms with Crippen LogP contribution in [0.3, 0.4) is 0 Å². The first-order valence-electron chi connectivity index (χ1n) is 6.62. The Balaban J connectivity index is 1.82. The van der Waals surface area contributed by atoms with Gasteiger partial charge in [0, 0.05) is 54.0 Å². The zero-order valence-electron chi connectivity index (χ0n) is 10.3. The van der Waals surface area contributed by atoms with Crippen molar-refractivity contribution in [3.63, 3.8) is 0 Å². The molecule has 2 saturated heterocycles. The van der Waals surface area contributed by atoms with Crippen molar-refractivity contribution < 1.29 is 4.21 Å². The van der Waals surface area contributed by atoms with Crippen LogP contribution in [-0.4, -0.2) is 52.3 Å². The Morgan fingerprint density at radius 2 is 2.12 bits per heavy atom. The van der Waals surface area contributed by atoms with Crippen LogP contribution in [-0.2, 0) is 10.8 Å². The molecule has 0 radical (unpaired) electrons. The van der Waals surface area contributed by atoms with E-state index in [4.69, 9.17) is 0 Å². The molecule has 2 heterocycles. The van der Waals surface area contributed by atoms with E-state index in [1.54, 1.807) is 0 Å². The van der Waals surface area contributed by atoms with Gasteiger partial charge < -0.3 is 5.32 Å². The zero-order valence-corrected chi connectivity index (χ0v) is 11.1. The van der Waals surface area contributed by atoms with Gasteiger partial charge in [-0.05, 0) is 19.3 Å². The SMILES string of the molecule is CCCC1CN(C2CCS(=O)CC2)CCN1.